The van der Waals surface area contributed by atoms with Gasteiger partial charge in [0.1, 0.15) is 0 Å². The number of halogens is 2. The minimum Gasteiger partial charge on any atom is -0.322 e. The van der Waals surface area contributed by atoms with Crippen molar-refractivity contribution in [3.8, 4) is 0 Å². The van der Waals surface area contributed by atoms with Crippen molar-refractivity contribution in [2.24, 2.45) is 0 Å². The zero-order valence-electron chi connectivity index (χ0n) is 13.9. The third kappa shape index (κ3) is 5.11. The van der Waals surface area contributed by atoms with Gasteiger partial charge >= 0.3 is 6.03 Å². The summed E-state index contributed by atoms with van der Waals surface area (Å²) >= 11 is 12.0. The van der Waals surface area contributed by atoms with Crippen molar-refractivity contribution in [1.82, 2.24) is 9.80 Å². The molecule has 4 nitrogen and oxygen atoms in total. The summed E-state index contributed by atoms with van der Waals surface area (Å²) in [6.45, 7) is 4.18. The van der Waals surface area contributed by atoms with Gasteiger partial charge in [0.2, 0.25) is 0 Å². The van der Waals surface area contributed by atoms with Gasteiger partial charge in [-0.2, -0.15) is 0 Å². The van der Waals surface area contributed by atoms with Crippen LogP contribution in [0.25, 0.3) is 0 Å². The molecule has 0 atom stereocenters. The highest BCUT2D eigenvalue weighted by Crippen LogP contribution is 2.21. The number of rotatable bonds is 4. The van der Waals surface area contributed by atoms with Gasteiger partial charge in [-0.1, -0.05) is 47.5 Å². The lowest BCUT2D eigenvalue weighted by atomic mass is 10.1. The number of carbonyl (C=O) groups is 1. The van der Waals surface area contributed by atoms with Gasteiger partial charge < -0.3 is 10.2 Å². The van der Waals surface area contributed by atoms with Gasteiger partial charge in [-0.15, -0.1) is 0 Å². The van der Waals surface area contributed by atoms with Crippen molar-refractivity contribution in [2.75, 3.05) is 38.0 Å². The van der Waals surface area contributed by atoms with E-state index in [-0.39, 0.29) is 6.03 Å². The molecule has 2 aromatic carbocycles. The highest BCUT2D eigenvalue weighted by molar-refractivity contribution is 6.33. The van der Waals surface area contributed by atoms with E-state index in [0.29, 0.717) is 10.7 Å². The first-order valence-electron chi connectivity index (χ1n) is 8.39. The minimum atomic E-state index is -0.0922. The summed E-state index contributed by atoms with van der Waals surface area (Å²) in [6.07, 6.45) is 0.989. The molecule has 0 radical (unpaired) electrons. The average Bonchev–Trinajstić information content (AvgIpc) is 2.63. The SMILES string of the molecule is O=C(Nc1ccccc1Cl)N1CCN(CCc2ccc(Cl)cc2)CC1. The van der Waals surface area contributed by atoms with Gasteiger partial charge in [-0.25, -0.2) is 4.79 Å². The Morgan fingerprint density at radius 2 is 1.64 bits per heavy atom. The van der Waals surface area contributed by atoms with E-state index in [1.165, 1.54) is 5.56 Å². The normalized spacial score (nSPS) is 15.2. The largest absolute Gasteiger partial charge is 0.322 e. The van der Waals surface area contributed by atoms with Gasteiger partial charge in [-0.3, -0.25) is 4.90 Å². The van der Waals surface area contributed by atoms with E-state index >= 15 is 0 Å². The number of piperazine rings is 1. The Hall–Kier alpha value is -1.75. The second kappa shape index (κ2) is 8.56. The van der Waals surface area contributed by atoms with Crippen LogP contribution >= 0.6 is 23.2 Å². The van der Waals surface area contributed by atoms with Gasteiger partial charge in [0.25, 0.3) is 0 Å². The third-order valence-corrected chi connectivity index (χ3v) is 4.99. The monoisotopic (exact) mass is 377 g/mol. The predicted octanol–water partition coefficient (Wildman–Crippen LogP) is 4.39. The molecule has 6 heteroatoms. The number of benzene rings is 2. The molecule has 0 spiro atoms. The van der Waals surface area contributed by atoms with Crippen molar-refractivity contribution in [3.05, 3.63) is 64.1 Å². The van der Waals surface area contributed by atoms with Gasteiger partial charge in [-0.05, 0) is 36.2 Å². The molecular weight excluding hydrogens is 357 g/mol. The molecule has 3 rings (SSSR count). The van der Waals surface area contributed by atoms with Crippen molar-refractivity contribution in [1.29, 1.82) is 0 Å². The second-order valence-corrected chi connectivity index (χ2v) is 6.96. The van der Waals surface area contributed by atoms with Crippen LogP contribution in [0.15, 0.2) is 48.5 Å². The lowest BCUT2D eigenvalue weighted by Gasteiger charge is -2.34. The maximum absolute atomic E-state index is 12.4. The van der Waals surface area contributed by atoms with Gasteiger partial charge in [0, 0.05) is 37.7 Å². The van der Waals surface area contributed by atoms with E-state index < -0.39 is 0 Å². The smallest absolute Gasteiger partial charge is 0.321 e. The summed E-state index contributed by atoms with van der Waals surface area (Å²) in [4.78, 5) is 16.6. The Labute approximate surface area is 158 Å². The Morgan fingerprint density at radius 1 is 0.960 bits per heavy atom. The fourth-order valence-corrected chi connectivity index (χ4v) is 3.18. The molecular formula is C19H21Cl2N3O. The molecule has 132 valence electrons. The Kier molecular flexibility index (Phi) is 6.19. The molecule has 1 aliphatic rings. The molecule has 0 aromatic heterocycles. The molecule has 1 saturated heterocycles. The standard InChI is InChI=1S/C19H21Cl2N3O/c20-16-7-5-15(6-8-16)9-10-23-11-13-24(14-12-23)19(25)22-18-4-2-1-3-17(18)21/h1-8H,9-14H2,(H,22,25). The number of anilines is 1. The lowest BCUT2D eigenvalue weighted by molar-refractivity contribution is 0.148. The van der Waals surface area contributed by atoms with Crippen LogP contribution in [0.1, 0.15) is 5.56 Å². The summed E-state index contributed by atoms with van der Waals surface area (Å²) in [5.74, 6) is 0. The van der Waals surface area contributed by atoms with Crippen molar-refractivity contribution >= 4 is 34.9 Å². The molecule has 1 aliphatic heterocycles. The van der Waals surface area contributed by atoms with E-state index in [9.17, 15) is 4.79 Å². The van der Waals surface area contributed by atoms with Crippen molar-refractivity contribution in [3.63, 3.8) is 0 Å². The Bertz CT molecular complexity index is 713. The zero-order valence-corrected chi connectivity index (χ0v) is 15.4. The highest BCUT2D eigenvalue weighted by Gasteiger charge is 2.21. The predicted molar refractivity (Wildman–Crippen MR) is 104 cm³/mol. The molecule has 0 saturated carbocycles. The number of nitrogens with zero attached hydrogens (tertiary/aromatic N) is 2. The summed E-state index contributed by atoms with van der Waals surface area (Å²) in [7, 11) is 0. The molecule has 1 N–H and O–H groups in total. The molecule has 2 aromatic rings. The quantitative estimate of drug-likeness (QED) is 0.857. The molecule has 0 bridgehead atoms. The first-order valence-corrected chi connectivity index (χ1v) is 9.15. The molecule has 1 fully saturated rings. The first-order chi connectivity index (χ1) is 12.1. The molecule has 0 unspecified atom stereocenters. The van der Waals surface area contributed by atoms with Gasteiger partial charge in [0.15, 0.2) is 0 Å². The van der Waals surface area contributed by atoms with E-state index in [2.05, 4.69) is 22.3 Å². The van der Waals surface area contributed by atoms with Crippen LogP contribution in [0, 0.1) is 0 Å². The molecule has 0 aliphatic carbocycles. The van der Waals surface area contributed by atoms with E-state index in [1.807, 2.05) is 35.2 Å². The number of urea groups is 1. The fraction of sp³-hybridized carbons (Fsp3) is 0.316. The van der Waals surface area contributed by atoms with Crippen LogP contribution in [0.5, 0.6) is 0 Å². The van der Waals surface area contributed by atoms with Crippen LogP contribution in [-0.2, 0) is 6.42 Å². The number of carbonyl (C=O) groups excluding carboxylic acids is 1. The summed E-state index contributed by atoms with van der Waals surface area (Å²) in [5, 5.41) is 4.20. The van der Waals surface area contributed by atoms with Crippen molar-refractivity contribution < 1.29 is 4.79 Å². The lowest BCUT2D eigenvalue weighted by Crippen LogP contribution is -2.50. The summed E-state index contributed by atoms with van der Waals surface area (Å²) < 4.78 is 0. The zero-order chi connectivity index (χ0) is 17.6. The second-order valence-electron chi connectivity index (χ2n) is 6.12. The Balaban J connectivity index is 1.44. The van der Waals surface area contributed by atoms with E-state index in [0.717, 1.165) is 44.2 Å². The van der Waals surface area contributed by atoms with Gasteiger partial charge in [0.05, 0.1) is 10.7 Å². The van der Waals surface area contributed by atoms with Crippen molar-refractivity contribution in [2.45, 2.75) is 6.42 Å². The molecule has 2 amide bonds. The minimum absolute atomic E-state index is 0.0922. The average molecular weight is 378 g/mol. The fourth-order valence-electron chi connectivity index (χ4n) is 2.87. The van der Waals surface area contributed by atoms with E-state index in [1.54, 1.807) is 6.07 Å². The number of nitrogens with one attached hydrogen (secondary N) is 1. The summed E-state index contributed by atoms with van der Waals surface area (Å²) in [5.41, 5.74) is 1.93. The molecule has 25 heavy (non-hydrogen) atoms. The van der Waals surface area contributed by atoms with Crippen LogP contribution < -0.4 is 5.32 Å². The molecule has 1 heterocycles. The van der Waals surface area contributed by atoms with Crippen LogP contribution in [0.3, 0.4) is 0 Å². The van der Waals surface area contributed by atoms with Crippen LogP contribution in [0.4, 0.5) is 10.5 Å². The Morgan fingerprint density at radius 3 is 2.32 bits per heavy atom. The van der Waals surface area contributed by atoms with E-state index in [4.69, 9.17) is 23.2 Å². The number of hydrogen-bond acceptors (Lipinski definition) is 2. The highest BCUT2D eigenvalue weighted by atomic mass is 35.5. The maximum Gasteiger partial charge on any atom is 0.321 e. The third-order valence-electron chi connectivity index (χ3n) is 4.40. The number of hydrogen-bond donors (Lipinski definition) is 1. The number of amides is 2. The van der Waals surface area contributed by atoms with Crippen LogP contribution in [-0.4, -0.2) is 48.6 Å². The van der Waals surface area contributed by atoms with Crippen LogP contribution in [0.2, 0.25) is 10.0 Å². The topological polar surface area (TPSA) is 35.6 Å². The maximum atomic E-state index is 12.4. The number of para-hydroxylation sites is 1. The summed E-state index contributed by atoms with van der Waals surface area (Å²) in [6, 6.07) is 15.2. The first kappa shape index (κ1) is 18.1.